The van der Waals surface area contributed by atoms with Crippen LogP contribution in [0.5, 0.6) is 5.75 Å². The zero-order chi connectivity index (χ0) is 20.4. The van der Waals surface area contributed by atoms with Crippen LogP contribution in [0.15, 0.2) is 58.5 Å². The lowest BCUT2D eigenvalue weighted by Crippen LogP contribution is -2.37. The summed E-state index contributed by atoms with van der Waals surface area (Å²) < 4.78 is 6.09. The molecule has 0 radical (unpaired) electrons. The van der Waals surface area contributed by atoms with Crippen LogP contribution in [0.2, 0.25) is 5.02 Å². The second-order valence-electron chi connectivity index (χ2n) is 6.14. The first-order chi connectivity index (χ1) is 14.0. The molecule has 148 valence electrons. The fourth-order valence-electron chi connectivity index (χ4n) is 2.85. The zero-order valence-electron chi connectivity index (χ0n) is 15.4. The lowest BCUT2D eigenvalue weighted by molar-refractivity contribution is -0.116. The summed E-state index contributed by atoms with van der Waals surface area (Å²) in [6.45, 7) is 2.54. The van der Waals surface area contributed by atoms with E-state index in [9.17, 15) is 4.79 Å². The van der Waals surface area contributed by atoms with E-state index in [0.29, 0.717) is 32.7 Å². The van der Waals surface area contributed by atoms with Crippen molar-refractivity contribution in [1.29, 1.82) is 0 Å². The number of fused-ring (bicyclic) bond motifs is 1. The number of carbonyl (C=O) groups is 1. The number of benzene rings is 2. The molecule has 1 fully saturated rings. The molecule has 2 aliphatic heterocycles. The summed E-state index contributed by atoms with van der Waals surface area (Å²) in [5.41, 5.74) is 1.93. The van der Waals surface area contributed by atoms with Gasteiger partial charge in [0.1, 0.15) is 15.9 Å². The number of hydrogen-bond acceptors (Lipinski definition) is 6. The second kappa shape index (κ2) is 8.87. The molecule has 4 rings (SSSR count). The van der Waals surface area contributed by atoms with E-state index >= 15 is 0 Å². The van der Waals surface area contributed by atoms with Crippen molar-refractivity contribution in [2.75, 3.05) is 11.5 Å². The van der Waals surface area contributed by atoms with Gasteiger partial charge in [-0.2, -0.15) is 4.99 Å². The Bertz CT molecular complexity index is 1010. The fraction of sp³-hybridized carbons (Fsp3) is 0.200. The van der Waals surface area contributed by atoms with Crippen LogP contribution in [-0.2, 0) is 10.5 Å². The second-order valence-corrected chi connectivity index (χ2v) is 9.26. The first kappa shape index (κ1) is 20.4. The lowest BCUT2D eigenvalue weighted by Gasteiger charge is -2.21. The number of thiocarbonyl (C=S) groups is 1. The smallest absolute Gasteiger partial charge is 0.269 e. The number of anilines is 1. The van der Waals surface area contributed by atoms with Crippen molar-refractivity contribution in [3.63, 3.8) is 0 Å². The molecule has 2 aliphatic rings. The maximum Gasteiger partial charge on any atom is 0.269 e. The van der Waals surface area contributed by atoms with E-state index in [1.54, 1.807) is 0 Å². The zero-order valence-corrected chi connectivity index (χ0v) is 18.6. The van der Waals surface area contributed by atoms with E-state index in [4.69, 9.17) is 28.6 Å². The Morgan fingerprint density at radius 2 is 1.90 bits per heavy atom. The van der Waals surface area contributed by atoms with Crippen molar-refractivity contribution < 1.29 is 9.53 Å². The van der Waals surface area contributed by atoms with Gasteiger partial charge in [-0.15, -0.1) is 0 Å². The number of aliphatic imine (C=N–C) groups is 2. The molecule has 5 nitrogen and oxygen atoms in total. The standard InChI is InChI=1S/C20H16ClN3O2S3/c1-2-26-15-9-7-14(8-10-15)24-17-16(29-20(24)27)18(25)23-19(22-17)28-11-12-3-5-13(21)6-4-12/h3-10,16H,2,11H2,1H3. The summed E-state index contributed by atoms with van der Waals surface area (Å²) in [5, 5.41) is 0.640. The third kappa shape index (κ3) is 4.50. The predicted octanol–water partition coefficient (Wildman–Crippen LogP) is 5.17. The summed E-state index contributed by atoms with van der Waals surface area (Å²) in [6.07, 6.45) is 0. The number of thioether (sulfide) groups is 2. The molecule has 0 bridgehead atoms. The Morgan fingerprint density at radius 1 is 1.17 bits per heavy atom. The summed E-state index contributed by atoms with van der Waals surface area (Å²) in [7, 11) is 0. The normalized spacial score (nSPS) is 18.4. The van der Waals surface area contributed by atoms with Crippen LogP contribution >= 0.6 is 47.3 Å². The van der Waals surface area contributed by atoms with Crippen molar-refractivity contribution in [1.82, 2.24) is 0 Å². The van der Waals surface area contributed by atoms with Gasteiger partial charge in [-0.1, -0.05) is 59.5 Å². The third-order valence-corrected chi connectivity index (χ3v) is 6.87. The molecule has 1 amide bonds. The molecule has 29 heavy (non-hydrogen) atoms. The van der Waals surface area contributed by atoms with Crippen molar-refractivity contribution in [3.05, 3.63) is 59.1 Å². The molecule has 9 heteroatoms. The third-order valence-electron chi connectivity index (χ3n) is 4.19. The highest BCUT2D eigenvalue weighted by atomic mass is 35.5. The van der Waals surface area contributed by atoms with Gasteiger partial charge in [-0.05, 0) is 48.9 Å². The molecule has 1 saturated heterocycles. The summed E-state index contributed by atoms with van der Waals surface area (Å²) in [6, 6.07) is 15.2. The molecule has 0 N–H and O–H groups in total. The van der Waals surface area contributed by atoms with Crippen LogP contribution in [0.1, 0.15) is 12.5 Å². The average Bonchev–Trinajstić information content (AvgIpc) is 3.05. The lowest BCUT2D eigenvalue weighted by atomic mass is 10.2. The Labute approximate surface area is 187 Å². The summed E-state index contributed by atoms with van der Waals surface area (Å²) in [4.78, 5) is 23.2. The first-order valence-electron chi connectivity index (χ1n) is 8.87. The van der Waals surface area contributed by atoms with Crippen LogP contribution in [-0.4, -0.2) is 33.1 Å². The minimum absolute atomic E-state index is 0.227. The topological polar surface area (TPSA) is 54.3 Å². The summed E-state index contributed by atoms with van der Waals surface area (Å²) in [5.74, 6) is 1.82. The predicted molar refractivity (Wildman–Crippen MR) is 127 cm³/mol. The van der Waals surface area contributed by atoms with Crippen LogP contribution in [0, 0.1) is 0 Å². The van der Waals surface area contributed by atoms with Gasteiger partial charge in [0.25, 0.3) is 5.91 Å². The van der Waals surface area contributed by atoms with Crippen molar-refractivity contribution in [3.8, 4) is 5.75 Å². The van der Waals surface area contributed by atoms with Crippen LogP contribution in [0.3, 0.4) is 0 Å². The monoisotopic (exact) mass is 461 g/mol. The SMILES string of the molecule is CCOc1ccc(N2C(=S)SC3C(=O)N=C(SCc4ccc(Cl)cc4)N=C32)cc1. The summed E-state index contributed by atoms with van der Waals surface area (Å²) >= 11 is 14.2. The van der Waals surface area contributed by atoms with Gasteiger partial charge in [-0.25, -0.2) is 4.99 Å². The number of amides is 1. The molecule has 2 aromatic rings. The first-order valence-corrected chi connectivity index (χ1v) is 11.5. The highest BCUT2D eigenvalue weighted by Gasteiger charge is 2.43. The van der Waals surface area contributed by atoms with Crippen molar-refractivity contribution in [2.45, 2.75) is 17.9 Å². The van der Waals surface area contributed by atoms with Crippen molar-refractivity contribution in [2.24, 2.45) is 9.98 Å². The molecule has 1 unspecified atom stereocenters. The quantitative estimate of drug-likeness (QED) is 0.572. The van der Waals surface area contributed by atoms with E-state index in [-0.39, 0.29) is 5.91 Å². The highest BCUT2D eigenvalue weighted by molar-refractivity contribution is 8.25. The number of hydrogen-bond donors (Lipinski definition) is 0. The van der Waals surface area contributed by atoms with Gasteiger partial charge >= 0.3 is 0 Å². The molecule has 0 aromatic heterocycles. The van der Waals surface area contributed by atoms with Gasteiger partial charge in [0.05, 0.1) is 6.61 Å². The van der Waals surface area contributed by atoms with Gasteiger partial charge in [0.2, 0.25) is 0 Å². The van der Waals surface area contributed by atoms with E-state index < -0.39 is 5.25 Å². The molecule has 2 heterocycles. The maximum atomic E-state index is 12.6. The van der Waals surface area contributed by atoms with Crippen LogP contribution in [0.25, 0.3) is 0 Å². The molecule has 2 aromatic carbocycles. The highest BCUT2D eigenvalue weighted by Crippen LogP contribution is 2.36. The Hall–Kier alpha value is -1.87. The number of amidine groups is 2. The Kier molecular flexibility index (Phi) is 6.24. The molecule has 0 spiro atoms. The molecule has 1 atom stereocenters. The molecule has 0 saturated carbocycles. The molecular formula is C20H16ClN3O2S3. The Balaban J connectivity index is 1.55. The number of carbonyl (C=O) groups excluding carboxylic acids is 1. The van der Waals surface area contributed by atoms with Crippen molar-refractivity contribution >= 4 is 74.3 Å². The van der Waals surface area contributed by atoms with E-state index in [2.05, 4.69) is 9.98 Å². The van der Waals surface area contributed by atoms with E-state index in [0.717, 1.165) is 17.0 Å². The molecule has 0 aliphatic carbocycles. The number of rotatable bonds is 5. The van der Waals surface area contributed by atoms with Gasteiger partial charge in [0, 0.05) is 16.5 Å². The van der Waals surface area contributed by atoms with Gasteiger partial charge in [0.15, 0.2) is 10.4 Å². The maximum absolute atomic E-state index is 12.6. The van der Waals surface area contributed by atoms with Gasteiger partial charge < -0.3 is 4.74 Å². The number of ether oxygens (including phenoxy) is 1. The van der Waals surface area contributed by atoms with E-state index in [1.165, 1.54) is 23.5 Å². The van der Waals surface area contributed by atoms with Gasteiger partial charge in [-0.3, -0.25) is 9.69 Å². The number of halogens is 1. The van der Waals surface area contributed by atoms with Crippen LogP contribution < -0.4 is 9.64 Å². The Morgan fingerprint density at radius 3 is 2.59 bits per heavy atom. The average molecular weight is 462 g/mol. The fourth-order valence-corrected chi connectivity index (χ4v) is 5.19. The largest absolute Gasteiger partial charge is 0.494 e. The minimum Gasteiger partial charge on any atom is -0.494 e. The van der Waals surface area contributed by atoms with Crippen LogP contribution in [0.4, 0.5) is 5.69 Å². The minimum atomic E-state index is -0.492. The number of nitrogens with zero attached hydrogens (tertiary/aromatic N) is 3. The van der Waals surface area contributed by atoms with E-state index in [1.807, 2.05) is 60.4 Å². The molecular weight excluding hydrogens is 446 g/mol.